The fraction of sp³-hybridized carbons (Fsp3) is 0.533. The molecule has 0 aromatic heterocycles. The Morgan fingerprint density at radius 1 is 1.29 bits per heavy atom. The van der Waals surface area contributed by atoms with Crippen molar-refractivity contribution in [3.05, 3.63) is 35.4 Å². The van der Waals surface area contributed by atoms with Crippen LogP contribution >= 0.6 is 0 Å². The van der Waals surface area contributed by atoms with Crippen molar-refractivity contribution in [2.24, 2.45) is 0 Å². The Morgan fingerprint density at radius 2 is 2.00 bits per heavy atom. The molecule has 1 aromatic rings. The van der Waals surface area contributed by atoms with E-state index in [1.165, 1.54) is 11.1 Å². The van der Waals surface area contributed by atoms with Gasteiger partial charge in [0.1, 0.15) is 0 Å². The Bertz CT molecular complexity index is 360. The molecule has 0 saturated heterocycles. The Kier molecular flexibility index (Phi) is 5.75. The first-order valence-corrected chi connectivity index (χ1v) is 6.50. The molecule has 0 aliphatic heterocycles. The third-order valence-corrected chi connectivity index (χ3v) is 3.04. The predicted octanol–water partition coefficient (Wildman–Crippen LogP) is 3.75. The summed E-state index contributed by atoms with van der Waals surface area (Å²) in [4.78, 5) is 11.7. The van der Waals surface area contributed by atoms with Gasteiger partial charge in [-0.2, -0.15) is 0 Å². The zero-order valence-corrected chi connectivity index (χ0v) is 11.1. The maximum absolute atomic E-state index is 11.7. The second-order valence-electron chi connectivity index (χ2n) is 4.60. The van der Waals surface area contributed by atoms with Crippen molar-refractivity contribution in [3.8, 4) is 0 Å². The normalized spacial score (nSPS) is 12.2. The van der Waals surface area contributed by atoms with Crippen molar-refractivity contribution in [2.45, 2.75) is 52.5 Å². The molecule has 1 atom stereocenters. The molecule has 1 unspecified atom stereocenters. The van der Waals surface area contributed by atoms with E-state index >= 15 is 0 Å². The lowest BCUT2D eigenvalue weighted by Gasteiger charge is -2.16. The lowest BCUT2D eigenvalue weighted by atomic mass is 10.0. The molecule has 1 rings (SSSR count). The first kappa shape index (κ1) is 13.8. The minimum Gasteiger partial charge on any atom is -0.350 e. The van der Waals surface area contributed by atoms with Gasteiger partial charge in [-0.15, -0.1) is 0 Å². The zero-order chi connectivity index (χ0) is 12.7. The van der Waals surface area contributed by atoms with Gasteiger partial charge in [0, 0.05) is 6.42 Å². The molecule has 0 aliphatic rings. The summed E-state index contributed by atoms with van der Waals surface area (Å²) >= 11 is 0. The highest BCUT2D eigenvalue weighted by Crippen LogP contribution is 2.16. The van der Waals surface area contributed by atoms with Crippen LogP contribution in [0.5, 0.6) is 0 Å². The van der Waals surface area contributed by atoms with Crippen molar-refractivity contribution < 1.29 is 4.79 Å². The summed E-state index contributed by atoms with van der Waals surface area (Å²) < 4.78 is 0. The monoisotopic (exact) mass is 233 g/mol. The van der Waals surface area contributed by atoms with E-state index in [-0.39, 0.29) is 11.9 Å². The Morgan fingerprint density at radius 3 is 2.65 bits per heavy atom. The maximum atomic E-state index is 11.7. The molecule has 2 nitrogen and oxygen atoms in total. The molecule has 0 bridgehead atoms. The summed E-state index contributed by atoms with van der Waals surface area (Å²) in [5, 5.41) is 3.06. The SMILES string of the molecule is CCCCCC(=O)NC(C)c1ccccc1C. The summed E-state index contributed by atoms with van der Waals surface area (Å²) in [5.41, 5.74) is 2.44. The van der Waals surface area contributed by atoms with Gasteiger partial charge in [-0.25, -0.2) is 0 Å². The van der Waals surface area contributed by atoms with Crippen LogP contribution in [-0.2, 0) is 4.79 Å². The molecule has 2 heteroatoms. The van der Waals surface area contributed by atoms with Crippen LogP contribution < -0.4 is 5.32 Å². The molecule has 0 aliphatic carbocycles. The maximum Gasteiger partial charge on any atom is 0.220 e. The van der Waals surface area contributed by atoms with Crippen LogP contribution in [0.3, 0.4) is 0 Å². The molecule has 17 heavy (non-hydrogen) atoms. The van der Waals surface area contributed by atoms with Gasteiger partial charge in [0.2, 0.25) is 5.91 Å². The molecule has 0 spiro atoms. The summed E-state index contributed by atoms with van der Waals surface area (Å²) in [6, 6.07) is 8.29. The quantitative estimate of drug-likeness (QED) is 0.745. The van der Waals surface area contributed by atoms with Crippen molar-refractivity contribution in [2.75, 3.05) is 0 Å². The van der Waals surface area contributed by atoms with Crippen LogP contribution in [0.1, 0.15) is 56.7 Å². The lowest BCUT2D eigenvalue weighted by Crippen LogP contribution is -2.26. The van der Waals surface area contributed by atoms with Gasteiger partial charge in [-0.05, 0) is 31.4 Å². The van der Waals surface area contributed by atoms with Crippen LogP contribution in [0.25, 0.3) is 0 Å². The molecule has 1 aromatic carbocycles. The smallest absolute Gasteiger partial charge is 0.220 e. The van der Waals surface area contributed by atoms with Crippen LogP contribution in [0.2, 0.25) is 0 Å². The van der Waals surface area contributed by atoms with Crippen LogP contribution in [-0.4, -0.2) is 5.91 Å². The van der Waals surface area contributed by atoms with E-state index in [0.29, 0.717) is 6.42 Å². The summed E-state index contributed by atoms with van der Waals surface area (Å²) in [6.07, 6.45) is 3.92. The van der Waals surface area contributed by atoms with Crippen LogP contribution in [0, 0.1) is 6.92 Å². The molecular formula is C15H23NO. The average molecular weight is 233 g/mol. The molecule has 0 fully saturated rings. The second kappa shape index (κ2) is 7.10. The number of nitrogens with one attached hydrogen (secondary N) is 1. The van der Waals surface area contributed by atoms with Crippen molar-refractivity contribution in [3.63, 3.8) is 0 Å². The Balaban J connectivity index is 2.46. The van der Waals surface area contributed by atoms with Crippen molar-refractivity contribution >= 4 is 5.91 Å². The van der Waals surface area contributed by atoms with Gasteiger partial charge >= 0.3 is 0 Å². The van der Waals surface area contributed by atoms with Crippen molar-refractivity contribution in [1.29, 1.82) is 0 Å². The van der Waals surface area contributed by atoms with E-state index in [1.807, 2.05) is 19.1 Å². The fourth-order valence-corrected chi connectivity index (χ4v) is 2.00. The first-order valence-electron chi connectivity index (χ1n) is 6.50. The topological polar surface area (TPSA) is 29.1 Å². The molecule has 1 N–H and O–H groups in total. The summed E-state index contributed by atoms with van der Waals surface area (Å²) in [6.45, 7) is 6.27. The standard InChI is InChI=1S/C15H23NO/c1-4-5-6-11-15(17)16-13(3)14-10-8-7-9-12(14)2/h7-10,13H,4-6,11H2,1-3H3,(H,16,17). The molecule has 1 amide bonds. The van der Waals surface area contributed by atoms with E-state index < -0.39 is 0 Å². The van der Waals surface area contributed by atoms with Crippen LogP contribution in [0.15, 0.2) is 24.3 Å². The van der Waals surface area contributed by atoms with E-state index in [2.05, 4.69) is 31.3 Å². The summed E-state index contributed by atoms with van der Waals surface area (Å²) in [5.74, 6) is 0.161. The van der Waals surface area contributed by atoms with Gasteiger partial charge in [0.05, 0.1) is 6.04 Å². The number of hydrogen-bond donors (Lipinski definition) is 1. The van der Waals surface area contributed by atoms with E-state index in [9.17, 15) is 4.79 Å². The zero-order valence-electron chi connectivity index (χ0n) is 11.1. The molecule has 94 valence electrons. The Hall–Kier alpha value is -1.31. The number of aryl methyl sites for hydroxylation is 1. The van der Waals surface area contributed by atoms with Gasteiger partial charge in [0.25, 0.3) is 0 Å². The highest BCUT2D eigenvalue weighted by molar-refractivity contribution is 5.76. The van der Waals surface area contributed by atoms with Crippen LogP contribution in [0.4, 0.5) is 0 Å². The second-order valence-corrected chi connectivity index (χ2v) is 4.60. The highest BCUT2D eigenvalue weighted by atomic mass is 16.1. The van der Waals surface area contributed by atoms with Gasteiger partial charge < -0.3 is 5.32 Å². The van der Waals surface area contributed by atoms with Gasteiger partial charge in [0.15, 0.2) is 0 Å². The number of unbranched alkanes of at least 4 members (excludes halogenated alkanes) is 2. The third kappa shape index (κ3) is 4.59. The van der Waals surface area contributed by atoms with Gasteiger partial charge in [-0.1, -0.05) is 44.0 Å². The number of hydrogen-bond acceptors (Lipinski definition) is 1. The minimum atomic E-state index is 0.102. The lowest BCUT2D eigenvalue weighted by molar-refractivity contribution is -0.121. The molecular weight excluding hydrogens is 210 g/mol. The number of rotatable bonds is 6. The molecule has 0 heterocycles. The Labute approximate surface area is 104 Å². The number of carbonyl (C=O) groups is 1. The fourth-order valence-electron chi connectivity index (χ4n) is 2.00. The van der Waals surface area contributed by atoms with E-state index in [1.54, 1.807) is 0 Å². The number of carbonyl (C=O) groups excluding carboxylic acids is 1. The molecule has 0 radical (unpaired) electrons. The van der Waals surface area contributed by atoms with E-state index in [4.69, 9.17) is 0 Å². The first-order chi connectivity index (χ1) is 8.15. The predicted molar refractivity (Wildman–Crippen MR) is 71.9 cm³/mol. The average Bonchev–Trinajstić information content (AvgIpc) is 2.29. The van der Waals surface area contributed by atoms with Crippen molar-refractivity contribution in [1.82, 2.24) is 5.32 Å². The summed E-state index contributed by atoms with van der Waals surface area (Å²) in [7, 11) is 0. The number of amides is 1. The largest absolute Gasteiger partial charge is 0.350 e. The highest BCUT2D eigenvalue weighted by Gasteiger charge is 2.10. The molecule has 0 saturated carbocycles. The third-order valence-electron chi connectivity index (χ3n) is 3.04. The van der Waals surface area contributed by atoms with E-state index in [0.717, 1.165) is 19.3 Å². The minimum absolute atomic E-state index is 0.102. The van der Waals surface area contributed by atoms with Gasteiger partial charge in [-0.3, -0.25) is 4.79 Å². The number of benzene rings is 1.